The number of hydrogen-bond donors (Lipinski definition) is 2. The molecule has 23 heavy (non-hydrogen) atoms. The predicted octanol–water partition coefficient (Wildman–Crippen LogP) is -0.116. The standard InChI is InChI=1S/C16H21N3O4/c1-23-15(21)9-10-2-4-13-11(8-10)6-7-19(13)16(22)12(17)3-5-14(18)20/h2,4,8,12H,3,5-7,9,17H2,1H3,(H2,18,20)/t12-/m0/s1. The summed E-state index contributed by atoms with van der Waals surface area (Å²) in [6, 6.07) is 4.78. The lowest BCUT2D eigenvalue weighted by molar-refractivity contribution is -0.139. The van der Waals surface area contributed by atoms with Crippen LogP contribution < -0.4 is 16.4 Å². The highest BCUT2D eigenvalue weighted by Crippen LogP contribution is 2.29. The molecular weight excluding hydrogens is 298 g/mol. The van der Waals surface area contributed by atoms with Gasteiger partial charge in [0.15, 0.2) is 0 Å². The predicted molar refractivity (Wildman–Crippen MR) is 84.6 cm³/mol. The first-order valence-electron chi connectivity index (χ1n) is 7.46. The average molecular weight is 319 g/mol. The highest BCUT2D eigenvalue weighted by Gasteiger charge is 2.28. The number of primary amides is 1. The molecule has 0 saturated heterocycles. The van der Waals surface area contributed by atoms with Gasteiger partial charge in [-0.05, 0) is 30.0 Å². The molecule has 1 aliphatic rings. The minimum atomic E-state index is -0.747. The quantitative estimate of drug-likeness (QED) is 0.709. The maximum atomic E-state index is 12.4. The molecule has 0 aliphatic carbocycles. The van der Waals surface area contributed by atoms with E-state index in [9.17, 15) is 14.4 Å². The number of anilines is 1. The molecule has 0 bridgehead atoms. The van der Waals surface area contributed by atoms with E-state index in [1.54, 1.807) is 11.0 Å². The van der Waals surface area contributed by atoms with Crippen LogP contribution in [0.2, 0.25) is 0 Å². The van der Waals surface area contributed by atoms with Crippen molar-refractivity contribution >= 4 is 23.5 Å². The number of nitrogens with zero attached hydrogens (tertiary/aromatic N) is 1. The van der Waals surface area contributed by atoms with Gasteiger partial charge >= 0.3 is 5.97 Å². The molecule has 1 atom stereocenters. The third-order valence-electron chi connectivity index (χ3n) is 3.90. The second-order valence-electron chi connectivity index (χ2n) is 5.57. The molecule has 1 aromatic carbocycles. The molecule has 0 unspecified atom stereocenters. The number of esters is 1. The number of fused-ring (bicyclic) bond motifs is 1. The van der Waals surface area contributed by atoms with E-state index in [2.05, 4.69) is 4.74 Å². The molecule has 0 spiro atoms. The first kappa shape index (κ1) is 17.0. The van der Waals surface area contributed by atoms with Crippen LogP contribution in [-0.2, 0) is 32.0 Å². The van der Waals surface area contributed by atoms with Crippen LogP contribution in [0, 0.1) is 0 Å². The van der Waals surface area contributed by atoms with Crippen LogP contribution in [0.15, 0.2) is 18.2 Å². The van der Waals surface area contributed by atoms with E-state index >= 15 is 0 Å². The molecule has 0 radical (unpaired) electrons. The number of carbonyl (C=O) groups is 3. The van der Waals surface area contributed by atoms with Gasteiger partial charge in [0.1, 0.15) is 0 Å². The Hall–Kier alpha value is -2.41. The van der Waals surface area contributed by atoms with Crippen molar-refractivity contribution in [2.45, 2.75) is 31.7 Å². The molecule has 0 fully saturated rings. The van der Waals surface area contributed by atoms with Gasteiger partial charge in [-0.15, -0.1) is 0 Å². The minimum Gasteiger partial charge on any atom is -0.469 e. The highest BCUT2D eigenvalue weighted by atomic mass is 16.5. The third kappa shape index (κ3) is 4.07. The van der Waals surface area contributed by atoms with Crippen molar-refractivity contribution in [1.29, 1.82) is 0 Å². The van der Waals surface area contributed by atoms with Crippen LogP contribution in [0.25, 0.3) is 0 Å². The highest BCUT2D eigenvalue weighted by molar-refractivity contribution is 5.99. The second-order valence-corrected chi connectivity index (χ2v) is 5.57. The fourth-order valence-corrected chi connectivity index (χ4v) is 2.65. The van der Waals surface area contributed by atoms with Crippen molar-refractivity contribution in [3.63, 3.8) is 0 Å². The Morgan fingerprint density at radius 1 is 1.35 bits per heavy atom. The van der Waals surface area contributed by atoms with Gasteiger partial charge < -0.3 is 21.1 Å². The van der Waals surface area contributed by atoms with Crippen LogP contribution in [0.1, 0.15) is 24.0 Å². The summed E-state index contributed by atoms with van der Waals surface area (Å²) in [5.41, 5.74) is 13.6. The number of hydrogen-bond acceptors (Lipinski definition) is 5. The van der Waals surface area contributed by atoms with Gasteiger partial charge in [-0.25, -0.2) is 0 Å². The number of rotatable bonds is 6. The largest absolute Gasteiger partial charge is 0.469 e. The first-order valence-corrected chi connectivity index (χ1v) is 7.46. The summed E-state index contributed by atoms with van der Waals surface area (Å²) in [6.07, 6.45) is 1.24. The molecule has 7 nitrogen and oxygen atoms in total. The van der Waals surface area contributed by atoms with Crippen molar-refractivity contribution in [3.05, 3.63) is 29.3 Å². The normalized spacial score (nSPS) is 14.3. The zero-order valence-electron chi connectivity index (χ0n) is 13.1. The van der Waals surface area contributed by atoms with E-state index in [0.29, 0.717) is 13.0 Å². The molecule has 2 amide bonds. The van der Waals surface area contributed by atoms with Crippen molar-refractivity contribution in [3.8, 4) is 0 Å². The minimum absolute atomic E-state index is 0.0890. The van der Waals surface area contributed by atoms with Gasteiger partial charge in [0, 0.05) is 18.7 Å². The lowest BCUT2D eigenvalue weighted by Crippen LogP contribution is -2.43. The van der Waals surface area contributed by atoms with Crippen molar-refractivity contribution < 1.29 is 19.1 Å². The zero-order valence-corrected chi connectivity index (χ0v) is 13.1. The summed E-state index contributed by atoms with van der Waals surface area (Å²) >= 11 is 0. The lowest BCUT2D eigenvalue weighted by Gasteiger charge is -2.21. The summed E-state index contributed by atoms with van der Waals surface area (Å²) < 4.78 is 4.65. The Morgan fingerprint density at radius 2 is 2.09 bits per heavy atom. The van der Waals surface area contributed by atoms with Crippen LogP contribution in [0.4, 0.5) is 5.69 Å². The summed E-state index contributed by atoms with van der Waals surface area (Å²) in [4.78, 5) is 36.2. The van der Waals surface area contributed by atoms with Gasteiger partial charge in [-0.3, -0.25) is 14.4 Å². The molecule has 1 heterocycles. The monoisotopic (exact) mass is 319 g/mol. The van der Waals surface area contributed by atoms with Crippen LogP contribution in [0.3, 0.4) is 0 Å². The molecule has 0 aromatic heterocycles. The van der Waals surface area contributed by atoms with Gasteiger partial charge in [0.05, 0.1) is 19.6 Å². The molecule has 1 aliphatic heterocycles. The van der Waals surface area contributed by atoms with Gasteiger partial charge in [0.25, 0.3) is 0 Å². The molecular formula is C16H21N3O4. The van der Waals surface area contributed by atoms with E-state index in [1.165, 1.54) is 7.11 Å². The molecule has 124 valence electrons. The molecule has 1 aromatic rings. The Balaban J connectivity index is 2.08. The van der Waals surface area contributed by atoms with E-state index in [4.69, 9.17) is 11.5 Å². The van der Waals surface area contributed by atoms with Crippen LogP contribution in [0.5, 0.6) is 0 Å². The van der Waals surface area contributed by atoms with E-state index < -0.39 is 11.9 Å². The second kappa shape index (κ2) is 7.23. The molecule has 0 saturated carbocycles. The van der Waals surface area contributed by atoms with Gasteiger partial charge in [-0.1, -0.05) is 12.1 Å². The number of amides is 2. The summed E-state index contributed by atoms with van der Waals surface area (Å²) in [7, 11) is 1.35. The Labute approximate surface area is 134 Å². The average Bonchev–Trinajstić information content (AvgIpc) is 2.94. The maximum Gasteiger partial charge on any atom is 0.309 e. The summed E-state index contributed by atoms with van der Waals surface area (Å²) in [6.45, 7) is 0.542. The van der Waals surface area contributed by atoms with E-state index in [-0.39, 0.29) is 31.1 Å². The maximum absolute atomic E-state index is 12.4. The molecule has 7 heteroatoms. The molecule has 4 N–H and O–H groups in total. The summed E-state index contributed by atoms with van der Waals surface area (Å²) in [5.74, 6) is -0.988. The van der Waals surface area contributed by atoms with Crippen molar-refractivity contribution in [1.82, 2.24) is 0 Å². The number of methoxy groups -OCH3 is 1. The summed E-state index contributed by atoms with van der Waals surface area (Å²) in [5, 5.41) is 0. The SMILES string of the molecule is COC(=O)Cc1ccc2c(c1)CCN2C(=O)[C@@H](N)CCC(N)=O. The van der Waals surface area contributed by atoms with Gasteiger partial charge in [0.2, 0.25) is 11.8 Å². The fraction of sp³-hybridized carbons (Fsp3) is 0.438. The molecule has 2 rings (SSSR count). The third-order valence-corrected chi connectivity index (χ3v) is 3.90. The van der Waals surface area contributed by atoms with Crippen LogP contribution >= 0.6 is 0 Å². The Bertz CT molecular complexity index is 630. The first-order chi connectivity index (χ1) is 10.9. The van der Waals surface area contributed by atoms with Crippen molar-refractivity contribution in [2.24, 2.45) is 11.5 Å². The Morgan fingerprint density at radius 3 is 2.74 bits per heavy atom. The van der Waals surface area contributed by atoms with E-state index in [1.807, 2.05) is 12.1 Å². The Kier molecular flexibility index (Phi) is 5.33. The van der Waals surface area contributed by atoms with Crippen LogP contribution in [-0.4, -0.2) is 37.5 Å². The topological polar surface area (TPSA) is 116 Å². The number of ether oxygens (including phenoxy) is 1. The number of carbonyl (C=O) groups excluding carboxylic acids is 3. The smallest absolute Gasteiger partial charge is 0.309 e. The number of benzene rings is 1. The lowest BCUT2D eigenvalue weighted by atomic mass is 10.1. The van der Waals surface area contributed by atoms with Crippen molar-refractivity contribution in [2.75, 3.05) is 18.6 Å². The fourth-order valence-electron chi connectivity index (χ4n) is 2.65. The number of nitrogens with two attached hydrogens (primary N) is 2. The van der Waals surface area contributed by atoms with E-state index in [0.717, 1.165) is 16.8 Å². The van der Waals surface area contributed by atoms with Gasteiger partial charge in [-0.2, -0.15) is 0 Å². The zero-order chi connectivity index (χ0) is 17.0.